The van der Waals surface area contributed by atoms with Crippen molar-refractivity contribution in [1.82, 2.24) is 0 Å². The highest BCUT2D eigenvalue weighted by molar-refractivity contribution is 6.32. The van der Waals surface area contributed by atoms with Gasteiger partial charge in [-0.3, -0.25) is 0 Å². The SMILES string of the molecule is CCC(C)c1cccc(Oc2ccccc2Cl)c1. The van der Waals surface area contributed by atoms with Gasteiger partial charge in [0.2, 0.25) is 0 Å². The molecule has 0 saturated carbocycles. The van der Waals surface area contributed by atoms with Gasteiger partial charge in [-0.2, -0.15) is 0 Å². The molecule has 18 heavy (non-hydrogen) atoms. The molecule has 1 atom stereocenters. The van der Waals surface area contributed by atoms with Gasteiger partial charge in [0.15, 0.2) is 0 Å². The van der Waals surface area contributed by atoms with Gasteiger partial charge in [0.25, 0.3) is 0 Å². The quantitative estimate of drug-likeness (QED) is 0.691. The molecule has 1 nitrogen and oxygen atoms in total. The number of para-hydroxylation sites is 1. The molecule has 0 aliphatic heterocycles. The summed E-state index contributed by atoms with van der Waals surface area (Å²) in [7, 11) is 0. The molecule has 0 spiro atoms. The van der Waals surface area contributed by atoms with Crippen molar-refractivity contribution in [2.24, 2.45) is 0 Å². The fraction of sp³-hybridized carbons (Fsp3) is 0.250. The van der Waals surface area contributed by atoms with Crippen LogP contribution in [0, 0.1) is 0 Å². The monoisotopic (exact) mass is 260 g/mol. The Kier molecular flexibility index (Phi) is 4.27. The Morgan fingerprint density at radius 1 is 1.11 bits per heavy atom. The fourth-order valence-electron chi connectivity index (χ4n) is 1.77. The molecule has 0 aliphatic rings. The maximum absolute atomic E-state index is 6.08. The Hall–Kier alpha value is -1.47. The maximum atomic E-state index is 6.08. The van der Waals surface area contributed by atoms with Crippen molar-refractivity contribution in [1.29, 1.82) is 0 Å². The molecular weight excluding hydrogens is 244 g/mol. The second-order valence-corrected chi connectivity index (χ2v) is 4.82. The summed E-state index contributed by atoms with van der Waals surface area (Å²) in [5, 5.41) is 0.631. The maximum Gasteiger partial charge on any atom is 0.146 e. The number of benzene rings is 2. The van der Waals surface area contributed by atoms with Gasteiger partial charge >= 0.3 is 0 Å². The van der Waals surface area contributed by atoms with Gasteiger partial charge in [0, 0.05) is 0 Å². The molecule has 2 aromatic carbocycles. The van der Waals surface area contributed by atoms with Crippen molar-refractivity contribution < 1.29 is 4.74 Å². The van der Waals surface area contributed by atoms with Crippen molar-refractivity contribution in [3.8, 4) is 11.5 Å². The molecule has 0 aliphatic carbocycles. The summed E-state index contributed by atoms with van der Waals surface area (Å²) in [5.41, 5.74) is 1.29. The van der Waals surface area contributed by atoms with Gasteiger partial charge < -0.3 is 4.74 Å². The Morgan fingerprint density at radius 2 is 1.89 bits per heavy atom. The fourth-order valence-corrected chi connectivity index (χ4v) is 1.95. The smallest absolute Gasteiger partial charge is 0.146 e. The molecule has 0 radical (unpaired) electrons. The highest BCUT2D eigenvalue weighted by atomic mass is 35.5. The molecule has 2 heteroatoms. The zero-order chi connectivity index (χ0) is 13.0. The van der Waals surface area contributed by atoms with Gasteiger partial charge in [-0.15, -0.1) is 0 Å². The molecule has 2 rings (SSSR count). The summed E-state index contributed by atoms with van der Waals surface area (Å²) in [5.74, 6) is 2.07. The number of halogens is 1. The van der Waals surface area contributed by atoms with Crippen LogP contribution in [0.15, 0.2) is 48.5 Å². The minimum absolute atomic E-state index is 0.541. The first-order valence-electron chi connectivity index (χ1n) is 6.23. The lowest BCUT2D eigenvalue weighted by molar-refractivity contribution is 0.481. The second-order valence-electron chi connectivity index (χ2n) is 4.41. The number of hydrogen-bond donors (Lipinski definition) is 0. The summed E-state index contributed by atoms with van der Waals surface area (Å²) < 4.78 is 5.81. The third-order valence-corrected chi connectivity index (χ3v) is 3.42. The molecule has 0 heterocycles. The lowest BCUT2D eigenvalue weighted by Gasteiger charge is -2.12. The molecule has 0 aromatic heterocycles. The van der Waals surface area contributed by atoms with Gasteiger partial charge in [-0.05, 0) is 42.2 Å². The second kappa shape index (κ2) is 5.92. The van der Waals surface area contributed by atoms with E-state index in [1.807, 2.05) is 36.4 Å². The zero-order valence-electron chi connectivity index (χ0n) is 10.7. The average Bonchev–Trinajstić information content (AvgIpc) is 2.41. The first kappa shape index (κ1) is 13.0. The Labute approximate surface area is 113 Å². The van der Waals surface area contributed by atoms with Crippen LogP contribution in [0.3, 0.4) is 0 Å². The van der Waals surface area contributed by atoms with Crippen LogP contribution in [-0.2, 0) is 0 Å². The normalized spacial score (nSPS) is 12.2. The molecule has 0 N–H and O–H groups in total. The summed E-state index contributed by atoms with van der Waals surface area (Å²) in [6, 6.07) is 15.7. The molecular formula is C16H17ClO. The van der Waals surface area contributed by atoms with Crippen LogP contribution in [0.2, 0.25) is 5.02 Å². The largest absolute Gasteiger partial charge is 0.456 e. The minimum atomic E-state index is 0.541. The van der Waals surface area contributed by atoms with Gasteiger partial charge in [-0.1, -0.05) is 49.7 Å². The summed E-state index contributed by atoms with van der Waals surface area (Å²) in [4.78, 5) is 0. The van der Waals surface area contributed by atoms with Crippen molar-refractivity contribution in [3.05, 3.63) is 59.1 Å². The average molecular weight is 261 g/mol. The van der Waals surface area contributed by atoms with Crippen LogP contribution in [0.4, 0.5) is 0 Å². The molecule has 0 saturated heterocycles. The third-order valence-electron chi connectivity index (χ3n) is 3.10. The zero-order valence-corrected chi connectivity index (χ0v) is 11.4. The molecule has 0 bridgehead atoms. The first-order valence-corrected chi connectivity index (χ1v) is 6.61. The van der Waals surface area contributed by atoms with E-state index in [0.717, 1.165) is 12.2 Å². The number of ether oxygens (including phenoxy) is 1. The third kappa shape index (κ3) is 3.05. The van der Waals surface area contributed by atoms with Crippen molar-refractivity contribution in [2.45, 2.75) is 26.2 Å². The van der Waals surface area contributed by atoms with Crippen LogP contribution in [0.25, 0.3) is 0 Å². The standard InChI is InChI=1S/C16H17ClO/c1-3-12(2)13-7-6-8-14(11-13)18-16-10-5-4-9-15(16)17/h4-12H,3H2,1-2H3. The van der Waals surface area contributed by atoms with Gasteiger partial charge in [0.05, 0.1) is 5.02 Å². The van der Waals surface area contributed by atoms with Crippen molar-refractivity contribution in [3.63, 3.8) is 0 Å². The predicted octanol–water partition coefficient (Wildman–Crippen LogP) is 5.65. The summed E-state index contributed by atoms with van der Waals surface area (Å²) in [6.45, 7) is 4.40. The van der Waals surface area contributed by atoms with E-state index in [0.29, 0.717) is 16.7 Å². The minimum Gasteiger partial charge on any atom is -0.456 e. The predicted molar refractivity (Wildman–Crippen MR) is 76.7 cm³/mol. The van der Waals surface area contributed by atoms with Crippen molar-refractivity contribution in [2.75, 3.05) is 0 Å². The Bertz CT molecular complexity index is 522. The topological polar surface area (TPSA) is 9.23 Å². The summed E-state index contributed by atoms with van der Waals surface area (Å²) >= 11 is 6.08. The van der Waals surface area contributed by atoms with E-state index >= 15 is 0 Å². The molecule has 0 amide bonds. The molecule has 94 valence electrons. The van der Waals surface area contributed by atoms with Crippen molar-refractivity contribution >= 4 is 11.6 Å². The van der Waals surface area contributed by atoms with E-state index in [4.69, 9.17) is 16.3 Å². The van der Waals surface area contributed by atoms with E-state index < -0.39 is 0 Å². The lowest BCUT2D eigenvalue weighted by Crippen LogP contribution is -1.92. The van der Waals surface area contributed by atoms with Crippen LogP contribution >= 0.6 is 11.6 Å². The Morgan fingerprint density at radius 3 is 2.61 bits per heavy atom. The first-order chi connectivity index (χ1) is 8.70. The molecule has 0 fully saturated rings. The lowest BCUT2D eigenvalue weighted by atomic mass is 9.99. The Balaban J connectivity index is 2.22. The summed E-state index contributed by atoms with van der Waals surface area (Å²) in [6.07, 6.45) is 1.12. The molecule has 1 unspecified atom stereocenters. The van der Waals surface area contributed by atoms with E-state index in [1.54, 1.807) is 0 Å². The van der Waals surface area contributed by atoms with Crippen LogP contribution in [-0.4, -0.2) is 0 Å². The number of hydrogen-bond acceptors (Lipinski definition) is 1. The van der Waals surface area contributed by atoms with E-state index in [1.165, 1.54) is 5.56 Å². The van der Waals surface area contributed by atoms with Crippen LogP contribution in [0.5, 0.6) is 11.5 Å². The number of rotatable bonds is 4. The molecule has 2 aromatic rings. The van der Waals surface area contributed by atoms with Crippen LogP contribution in [0.1, 0.15) is 31.7 Å². The highest BCUT2D eigenvalue weighted by Gasteiger charge is 2.06. The van der Waals surface area contributed by atoms with Gasteiger partial charge in [-0.25, -0.2) is 0 Å². The van der Waals surface area contributed by atoms with Gasteiger partial charge in [0.1, 0.15) is 11.5 Å². The highest BCUT2D eigenvalue weighted by Crippen LogP contribution is 2.30. The van der Waals surface area contributed by atoms with E-state index in [2.05, 4.69) is 26.0 Å². The van der Waals surface area contributed by atoms with E-state index in [9.17, 15) is 0 Å². The van der Waals surface area contributed by atoms with E-state index in [-0.39, 0.29) is 0 Å². The van der Waals surface area contributed by atoms with Crippen LogP contribution < -0.4 is 4.74 Å².